The van der Waals surface area contributed by atoms with Gasteiger partial charge in [0.05, 0.1) is 0 Å². The number of hydrogen-bond donors (Lipinski definition) is 0. The van der Waals surface area contributed by atoms with Crippen LogP contribution in [0, 0.1) is 0 Å². The van der Waals surface area contributed by atoms with Crippen LogP contribution in [-0.2, 0) is 16.5 Å². The third kappa shape index (κ3) is 10.8. The first kappa shape index (κ1) is 16.5. The van der Waals surface area contributed by atoms with Gasteiger partial charge in [0.15, 0.2) is 0 Å². The normalized spacial score (nSPS) is 8.25. The van der Waals surface area contributed by atoms with Crippen molar-refractivity contribution in [3.05, 3.63) is 0 Å². The number of alkyl halides is 4. The fraction of sp³-hybridized carbons (Fsp3) is 1.00. The van der Waals surface area contributed by atoms with Crippen LogP contribution < -0.4 is 0 Å². The van der Waals surface area contributed by atoms with Crippen molar-refractivity contribution in [2.75, 3.05) is 0 Å². The summed E-state index contributed by atoms with van der Waals surface area (Å²) in [6, 6.07) is 0. The second-order valence-corrected chi connectivity index (χ2v) is 3.00. The average Bonchev–Trinajstić information content (AvgIpc) is 1.36. The Morgan fingerprint density at radius 3 is 0.875 bits per heavy atom. The summed E-state index contributed by atoms with van der Waals surface area (Å²) in [4.78, 5) is -1.35. The zero-order chi connectivity index (χ0) is 5.15. The van der Waals surface area contributed by atoms with Gasteiger partial charge in [-0.15, -0.1) is 58.8 Å². The minimum Gasteiger partial charge on any atom is -0.147 e. The Kier molecular flexibility index (Phi) is 18.4. The molecule has 0 amide bonds. The van der Waals surface area contributed by atoms with Gasteiger partial charge in [0.25, 0.3) is 0 Å². The van der Waals surface area contributed by atoms with Crippen molar-refractivity contribution >= 4 is 58.8 Å². The predicted octanol–water partition coefficient (Wildman–Crippen LogP) is 3.01. The molecule has 0 N–H and O–H groups in total. The summed E-state index contributed by atoms with van der Waals surface area (Å²) < 4.78 is 0. The van der Waals surface area contributed by atoms with E-state index < -0.39 is 9.67 Å². The summed E-state index contributed by atoms with van der Waals surface area (Å²) in [7, 11) is 0. The Balaban J connectivity index is -0.000000125. The van der Waals surface area contributed by atoms with Gasteiger partial charge in [-0.1, -0.05) is 0 Å². The molecule has 0 aliphatic heterocycles. The third-order valence-electron chi connectivity index (χ3n) is 0.190. The van der Waals surface area contributed by atoms with E-state index in [1.165, 1.54) is 0 Å². The van der Waals surface area contributed by atoms with Gasteiger partial charge in [0.2, 0.25) is 0 Å². The van der Waals surface area contributed by atoms with E-state index in [1.807, 2.05) is 0 Å². The Morgan fingerprint density at radius 1 is 0.750 bits per heavy atom. The summed E-state index contributed by atoms with van der Waals surface area (Å²) in [5.41, 5.74) is 0. The molecule has 0 nitrogen and oxygen atoms in total. The zero-order valence-corrected chi connectivity index (χ0v) is 8.22. The second kappa shape index (κ2) is 8.94. The van der Waals surface area contributed by atoms with Crippen LogP contribution in [0.25, 0.3) is 0 Å². The first-order valence-electron chi connectivity index (χ1n) is 1.21. The molecule has 56 valence electrons. The maximum atomic E-state index is 5.11. The molecule has 0 aromatic carbocycles. The van der Waals surface area contributed by atoms with Gasteiger partial charge in [0, 0.05) is 16.5 Å². The molecule has 0 rings (SSSR count). The van der Waals surface area contributed by atoms with E-state index in [4.69, 9.17) is 46.4 Å². The van der Waals surface area contributed by atoms with Crippen molar-refractivity contribution in [3.8, 4) is 0 Å². The van der Waals surface area contributed by atoms with Crippen molar-refractivity contribution in [1.82, 2.24) is 0 Å². The van der Waals surface area contributed by atoms with Crippen molar-refractivity contribution in [2.45, 2.75) is 9.67 Å². The van der Waals surface area contributed by atoms with E-state index >= 15 is 0 Å². The number of hydrogen-bond acceptors (Lipinski definition) is 0. The summed E-state index contributed by atoms with van der Waals surface area (Å²) in [6.45, 7) is 0. The van der Waals surface area contributed by atoms with Gasteiger partial charge in [-0.05, 0) is 0 Å². The topological polar surface area (TPSA) is 0 Å². The molecule has 6 heteroatoms. The van der Waals surface area contributed by atoms with Crippen molar-refractivity contribution in [2.24, 2.45) is 0 Å². The van der Waals surface area contributed by atoms with Crippen LogP contribution in [0.3, 0.4) is 0 Å². The summed E-state index contributed by atoms with van der Waals surface area (Å²) in [5.74, 6) is 0. The van der Waals surface area contributed by atoms with Crippen molar-refractivity contribution < 1.29 is 16.5 Å². The van der Waals surface area contributed by atoms with Crippen molar-refractivity contribution in [3.63, 3.8) is 0 Å². The quantitative estimate of drug-likeness (QED) is 0.504. The Hall–Kier alpha value is 1.94. The fourth-order valence-corrected chi connectivity index (χ4v) is 0. The van der Waals surface area contributed by atoms with Gasteiger partial charge in [-0.3, -0.25) is 0 Å². The van der Waals surface area contributed by atoms with Crippen LogP contribution in [0.4, 0.5) is 0 Å². The van der Waals surface area contributed by atoms with Gasteiger partial charge in [0.1, 0.15) is 9.67 Å². The molecule has 0 saturated carbocycles. The smallest absolute Gasteiger partial charge is 0.137 e. The van der Waals surface area contributed by atoms with E-state index in [9.17, 15) is 0 Å². The molecule has 0 radical (unpaired) electrons. The molecule has 8 heavy (non-hydrogen) atoms. The van der Waals surface area contributed by atoms with Gasteiger partial charge in [-0.25, -0.2) is 0 Å². The maximum Gasteiger partial charge on any atom is 0.137 e. The van der Waals surface area contributed by atoms with Crippen molar-refractivity contribution in [1.29, 1.82) is 0 Å². The minimum atomic E-state index is -0.673. The fourth-order valence-electron chi connectivity index (χ4n) is 0. The first-order valence-corrected chi connectivity index (χ1v) is 2.95. The van der Waals surface area contributed by atoms with Crippen LogP contribution in [-0.4, -0.2) is 9.67 Å². The zero-order valence-electron chi connectivity index (χ0n) is 3.39. The predicted molar refractivity (Wildman–Crippen MR) is 38.2 cm³/mol. The molecule has 0 spiro atoms. The van der Waals surface area contributed by atoms with Crippen LogP contribution in [0.15, 0.2) is 0 Å². The largest absolute Gasteiger partial charge is 0.147 e. The molecular formula is C2H3Cl5Ni. The molecule has 0 unspecified atom stereocenters. The number of rotatable bonds is 1. The summed E-state index contributed by atoms with van der Waals surface area (Å²) >= 11 is 20.5. The standard InChI is InChI=1S/C2H2Cl4.ClH.Ni/c3-1(4)2(5)6;;/h1-2H;1H;. The number of halogens is 5. The molecule has 0 aliphatic carbocycles. The molecular weight excluding hydrogens is 260 g/mol. The summed E-state index contributed by atoms with van der Waals surface area (Å²) in [6.07, 6.45) is 0. The van der Waals surface area contributed by atoms with Gasteiger partial charge in [-0.2, -0.15) is 0 Å². The molecule has 0 aliphatic rings. The molecule has 0 atom stereocenters. The average molecular weight is 263 g/mol. The van der Waals surface area contributed by atoms with Gasteiger partial charge < -0.3 is 0 Å². The van der Waals surface area contributed by atoms with Crippen LogP contribution in [0.5, 0.6) is 0 Å². The monoisotopic (exact) mass is 260 g/mol. The SMILES string of the molecule is Cl.ClC(Cl)C(Cl)Cl.[Ni]. The van der Waals surface area contributed by atoms with Crippen LogP contribution >= 0.6 is 58.8 Å². The molecule has 0 heterocycles. The molecule has 0 bridgehead atoms. The maximum absolute atomic E-state index is 5.11. The Labute approximate surface area is 84.5 Å². The van der Waals surface area contributed by atoms with E-state index in [0.717, 1.165) is 0 Å². The van der Waals surface area contributed by atoms with Crippen LogP contribution in [0.1, 0.15) is 0 Å². The molecule has 0 fully saturated rings. The first-order chi connectivity index (χ1) is 2.64. The van der Waals surface area contributed by atoms with E-state index in [-0.39, 0.29) is 28.9 Å². The Morgan fingerprint density at radius 2 is 0.875 bits per heavy atom. The molecule has 0 saturated heterocycles. The summed E-state index contributed by atoms with van der Waals surface area (Å²) in [5, 5.41) is 0. The second-order valence-electron chi connectivity index (χ2n) is 0.669. The van der Waals surface area contributed by atoms with Gasteiger partial charge >= 0.3 is 0 Å². The Bertz CT molecular complexity index is 31.4. The molecule has 0 aromatic rings. The third-order valence-corrected chi connectivity index (χ3v) is 1.71. The van der Waals surface area contributed by atoms with E-state index in [0.29, 0.717) is 0 Å². The molecule has 0 aromatic heterocycles. The van der Waals surface area contributed by atoms with Crippen LogP contribution in [0.2, 0.25) is 0 Å². The van der Waals surface area contributed by atoms with E-state index in [2.05, 4.69) is 0 Å². The van der Waals surface area contributed by atoms with E-state index in [1.54, 1.807) is 0 Å². The minimum absolute atomic E-state index is 0.